The van der Waals surface area contributed by atoms with Gasteiger partial charge in [-0.25, -0.2) is 9.59 Å². The molecule has 2 aliphatic heterocycles. The molecule has 0 aromatic heterocycles. The van der Waals surface area contributed by atoms with Crippen LogP contribution in [-0.2, 0) is 28.7 Å². The minimum Gasteiger partial charge on any atom is -0.459 e. The minimum absolute atomic E-state index is 0.0234. The maximum absolute atomic E-state index is 12.0. The molecule has 0 amide bonds. The molecule has 3 rings (SSSR count). The number of rotatable bonds is 2. The fourth-order valence-corrected chi connectivity index (χ4v) is 3.90. The molecular weight excluding hydrogens is 264 g/mol. The summed E-state index contributed by atoms with van der Waals surface area (Å²) in [6, 6.07) is 0. The maximum Gasteiger partial charge on any atom is 0.375 e. The topological polar surface area (TPSA) is 86.7 Å². The Morgan fingerprint density at radius 2 is 1.20 bits per heavy atom. The van der Waals surface area contributed by atoms with E-state index in [0.717, 1.165) is 19.3 Å². The van der Waals surface area contributed by atoms with Crippen LogP contribution < -0.4 is 0 Å². The zero-order chi connectivity index (χ0) is 14.3. The first-order chi connectivity index (χ1) is 9.56. The number of esters is 2. The molecule has 0 aromatic rings. The molecule has 6 heteroatoms. The minimum atomic E-state index is -0.822. The predicted octanol–water partition coefficient (Wildman–Crippen LogP) is 0.421. The average Bonchev–Trinajstić information content (AvgIpc) is 2.96. The van der Waals surface area contributed by atoms with E-state index in [4.69, 9.17) is 9.47 Å². The maximum atomic E-state index is 12.0. The smallest absolute Gasteiger partial charge is 0.375 e. The number of ketones is 2. The highest BCUT2D eigenvalue weighted by molar-refractivity contribution is 6.38. The number of carbonyl (C=O) groups excluding carboxylic acids is 4. The van der Waals surface area contributed by atoms with Crippen molar-refractivity contribution < 1.29 is 28.7 Å². The summed E-state index contributed by atoms with van der Waals surface area (Å²) in [6.45, 7) is 0.0469. The van der Waals surface area contributed by atoms with Gasteiger partial charge in [0.05, 0.1) is 11.8 Å². The largest absolute Gasteiger partial charge is 0.459 e. The molecule has 3 aliphatic rings. The fourth-order valence-electron chi connectivity index (χ4n) is 3.90. The number of Topliss-reactive ketones (excluding diaryl/α,β-unsaturated/α-hetero) is 2. The molecule has 0 N–H and O–H groups in total. The second-order valence-electron chi connectivity index (χ2n) is 5.82. The van der Waals surface area contributed by atoms with Crippen molar-refractivity contribution in [2.45, 2.75) is 32.1 Å². The molecule has 1 saturated carbocycles. The standard InChI is InChI=1S/C14H16O6/c15-10-8(6-19-12(10)17)14(4-2-1-3-5-14)9-7-20-13(18)11(9)16/h8-9H,1-7H2. The second-order valence-corrected chi connectivity index (χ2v) is 5.82. The fraction of sp³-hybridized carbons (Fsp3) is 0.714. The zero-order valence-corrected chi connectivity index (χ0v) is 11.1. The van der Waals surface area contributed by atoms with Gasteiger partial charge < -0.3 is 9.47 Å². The Labute approximate surface area is 115 Å². The monoisotopic (exact) mass is 280 g/mol. The molecule has 3 fully saturated rings. The molecule has 6 nitrogen and oxygen atoms in total. The number of hydrogen-bond donors (Lipinski definition) is 0. The molecule has 2 heterocycles. The van der Waals surface area contributed by atoms with Crippen molar-refractivity contribution in [2.75, 3.05) is 13.2 Å². The zero-order valence-electron chi connectivity index (χ0n) is 11.1. The SMILES string of the molecule is O=C1OCC(C2(C3COC(=O)C3=O)CCCCC2)C1=O. The highest BCUT2D eigenvalue weighted by Crippen LogP contribution is 2.51. The molecule has 20 heavy (non-hydrogen) atoms. The molecular formula is C14H16O6. The van der Waals surface area contributed by atoms with Gasteiger partial charge in [0.2, 0.25) is 11.6 Å². The Hall–Kier alpha value is -1.72. The lowest BCUT2D eigenvalue weighted by molar-refractivity contribution is -0.149. The van der Waals surface area contributed by atoms with Crippen molar-refractivity contribution in [3.05, 3.63) is 0 Å². The van der Waals surface area contributed by atoms with Gasteiger partial charge in [0.25, 0.3) is 0 Å². The number of ether oxygens (including phenoxy) is 2. The van der Waals surface area contributed by atoms with Crippen LogP contribution in [0.15, 0.2) is 0 Å². The van der Waals surface area contributed by atoms with E-state index in [1.54, 1.807) is 0 Å². The van der Waals surface area contributed by atoms with Crippen molar-refractivity contribution >= 4 is 23.5 Å². The summed E-state index contributed by atoms with van der Waals surface area (Å²) in [7, 11) is 0. The van der Waals surface area contributed by atoms with Crippen LogP contribution in [0, 0.1) is 17.3 Å². The molecule has 108 valence electrons. The third kappa shape index (κ3) is 1.77. The molecule has 0 radical (unpaired) electrons. The molecule has 0 aromatic carbocycles. The van der Waals surface area contributed by atoms with Crippen LogP contribution in [0.2, 0.25) is 0 Å². The molecule has 2 atom stereocenters. The van der Waals surface area contributed by atoms with Gasteiger partial charge in [0, 0.05) is 0 Å². The molecule has 2 saturated heterocycles. The Bertz CT molecular complexity index is 450. The highest BCUT2D eigenvalue weighted by Gasteiger charge is 2.58. The van der Waals surface area contributed by atoms with Crippen LogP contribution in [0.1, 0.15) is 32.1 Å². The summed E-state index contributed by atoms with van der Waals surface area (Å²) < 4.78 is 9.70. The van der Waals surface area contributed by atoms with E-state index in [1.807, 2.05) is 0 Å². The first-order valence-corrected chi connectivity index (χ1v) is 6.98. The molecule has 2 unspecified atom stereocenters. The summed E-state index contributed by atoms with van der Waals surface area (Å²) in [4.78, 5) is 46.8. The highest BCUT2D eigenvalue weighted by atomic mass is 16.6. The van der Waals surface area contributed by atoms with Crippen molar-refractivity contribution in [1.29, 1.82) is 0 Å². The Morgan fingerprint density at radius 1 is 0.750 bits per heavy atom. The van der Waals surface area contributed by atoms with Gasteiger partial charge in [0.1, 0.15) is 13.2 Å². The van der Waals surface area contributed by atoms with Crippen LogP contribution in [0.25, 0.3) is 0 Å². The summed E-state index contributed by atoms with van der Waals surface area (Å²) in [6.07, 6.45) is 4.12. The number of carbonyl (C=O) groups is 4. The molecule has 1 aliphatic carbocycles. The van der Waals surface area contributed by atoms with E-state index in [9.17, 15) is 19.2 Å². The van der Waals surface area contributed by atoms with Gasteiger partial charge in [-0.05, 0) is 18.3 Å². The van der Waals surface area contributed by atoms with Gasteiger partial charge >= 0.3 is 11.9 Å². The normalized spacial score (nSPS) is 33.2. The molecule has 0 spiro atoms. The summed E-state index contributed by atoms with van der Waals surface area (Å²) >= 11 is 0. The van der Waals surface area contributed by atoms with Crippen molar-refractivity contribution in [1.82, 2.24) is 0 Å². The van der Waals surface area contributed by atoms with Gasteiger partial charge in [-0.15, -0.1) is 0 Å². The van der Waals surface area contributed by atoms with E-state index in [1.165, 1.54) is 0 Å². The van der Waals surface area contributed by atoms with Crippen molar-refractivity contribution in [3.63, 3.8) is 0 Å². The predicted molar refractivity (Wildman–Crippen MR) is 64.4 cm³/mol. The van der Waals surface area contributed by atoms with E-state index >= 15 is 0 Å². The van der Waals surface area contributed by atoms with Gasteiger partial charge in [-0.2, -0.15) is 0 Å². The third-order valence-corrected chi connectivity index (χ3v) is 4.97. The average molecular weight is 280 g/mol. The Morgan fingerprint density at radius 3 is 1.55 bits per heavy atom. The van der Waals surface area contributed by atoms with Crippen LogP contribution >= 0.6 is 0 Å². The van der Waals surface area contributed by atoms with Crippen LogP contribution in [-0.4, -0.2) is 36.7 Å². The first kappa shape index (κ1) is 13.3. The van der Waals surface area contributed by atoms with Gasteiger partial charge in [-0.3, -0.25) is 9.59 Å². The number of cyclic esters (lactones) is 2. The van der Waals surface area contributed by atoms with E-state index in [0.29, 0.717) is 12.8 Å². The Kier molecular flexibility index (Phi) is 3.11. The second kappa shape index (κ2) is 4.68. The lowest BCUT2D eigenvalue weighted by atomic mass is 9.58. The summed E-state index contributed by atoms with van der Waals surface area (Å²) in [5.74, 6) is -3.98. The third-order valence-electron chi connectivity index (χ3n) is 4.97. The Balaban J connectivity index is 1.97. The lowest BCUT2D eigenvalue weighted by Crippen LogP contribution is -2.46. The van der Waals surface area contributed by atoms with E-state index in [-0.39, 0.29) is 13.2 Å². The lowest BCUT2D eigenvalue weighted by Gasteiger charge is -2.43. The van der Waals surface area contributed by atoms with Crippen LogP contribution in [0.3, 0.4) is 0 Å². The van der Waals surface area contributed by atoms with E-state index in [2.05, 4.69) is 0 Å². The van der Waals surface area contributed by atoms with Gasteiger partial charge in [-0.1, -0.05) is 19.3 Å². The van der Waals surface area contributed by atoms with Gasteiger partial charge in [0.15, 0.2) is 0 Å². The van der Waals surface area contributed by atoms with E-state index < -0.39 is 40.8 Å². The quantitative estimate of drug-likeness (QED) is 0.538. The van der Waals surface area contributed by atoms with Crippen molar-refractivity contribution in [3.8, 4) is 0 Å². The van der Waals surface area contributed by atoms with Crippen LogP contribution in [0.5, 0.6) is 0 Å². The first-order valence-electron chi connectivity index (χ1n) is 6.98. The van der Waals surface area contributed by atoms with Crippen LogP contribution in [0.4, 0.5) is 0 Å². The van der Waals surface area contributed by atoms with Crippen molar-refractivity contribution in [2.24, 2.45) is 17.3 Å². The summed E-state index contributed by atoms with van der Waals surface area (Å²) in [5, 5.41) is 0. The summed E-state index contributed by atoms with van der Waals surface area (Å²) in [5.41, 5.74) is -0.648. The number of hydrogen-bond acceptors (Lipinski definition) is 6. The molecule has 0 bridgehead atoms.